The van der Waals surface area contributed by atoms with Crippen LogP contribution in [0.15, 0.2) is 79.1 Å². The number of aryl methyl sites for hydroxylation is 1. The number of amides is 1. The standard InChI is InChI=1S/C22H19N3O2/c1-15-13-18(7-8-21(15)26)19-14-20(16-5-3-2-4-6-16)25(24-19)22(27)17-9-11-23-12-10-17/h2-14,20,24,26H,1H3. The molecule has 0 fully saturated rings. The summed E-state index contributed by atoms with van der Waals surface area (Å²) in [5.74, 6) is 0.120. The van der Waals surface area contributed by atoms with Gasteiger partial charge >= 0.3 is 0 Å². The Labute approximate surface area is 157 Å². The van der Waals surface area contributed by atoms with Gasteiger partial charge in [-0.3, -0.25) is 15.2 Å². The van der Waals surface area contributed by atoms with Gasteiger partial charge in [0.2, 0.25) is 0 Å². The number of hydrogen-bond acceptors (Lipinski definition) is 4. The first-order valence-electron chi connectivity index (χ1n) is 8.70. The van der Waals surface area contributed by atoms with Crippen LogP contribution in [0.2, 0.25) is 0 Å². The SMILES string of the molecule is Cc1cc(C2=CC(c3ccccc3)N(C(=O)c3ccncc3)N2)ccc1O. The fraction of sp³-hybridized carbons (Fsp3) is 0.0909. The van der Waals surface area contributed by atoms with Crippen LogP contribution in [0, 0.1) is 6.92 Å². The van der Waals surface area contributed by atoms with E-state index in [0.29, 0.717) is 5.56 Å². The number of hydrogen-bond donors (Lipinski definition) is 2. The molecule has 2 N–H and O–H groups in total. The minimum absolute atomic E-state index is 0.131. The number of rotatable bonds is 3. The van der Waals surface area contributed by atoms with Crippen LogP contribution in [-0.4, -0.2) is 21.0 Å². The topological polar surface area (TPSA) is 65.5 Å². The summed E-state index contributed by atoms with van der Waals surface area (Å²) in [7, 11) is 0. The van der Waals surface area contributed by atoms with Gasteiger partial charge in [-0.05, 0) is 60.0 Å². The number of carbonyl (C=O) groups is 1. The van der Waals surface area contributed by atoms with Crippen LogP contribution in [0.25, 0.3) is 5.70 Å². The van der Waals surface area contributed by atoms with E-state index in [-0.39, 0.29) is 17.7 Å². The van der Waals surface area contributed by atoms with Crippen molar-refractivity contribution in [3.63, 3.8) is 0 Å². The minimum Gasteiger partial charge on any atom is -0.508 e. The molecule has 2 aromatic carbocycles. The summed E-state index contributed by atoms with van der Waals surface area (Å²) < 4.78 is 0. The van der Waals surface area contributed by atoms with E-state index in [0.717, 1.165) is 22.4 Å². The molecule has 0 bridgehead atoms. The third-order valence-electron chi connectivity index (χ3n) is 4.64. The molecule has 27 heavy (non-hydrogen) atoms. The Hall–Kier alpha value is -3.60. The van der Waals surface area contributed by atoms with Crippen LogP contribution in [0.1, 0.15) is 33.1 Å². The van der Waals surface area contributed by atoms with Crippen molar-refractivity contribution in [1.82, 2.24) is 15.4 Å². The number of benzene rings is 2. The van der Waals surface area contributed by atoms with Crippen LogP contribution in [0.5, 0.6) is 5.75 Å². The second-order valence-corrected chi connectivity index (χ2v) is 6.46. The lowest BCUT2D eigenvalue weighted by Crippen LogP contribution is -2.39. The van der Waals surface area contributed by atoms with Crippen molar-refractivity contribution in [2.45, 2.75) is 13.0 Å². The van der Waals surface area contributed by atoms with Gasteiger partial charge in [0.05, 0.1) is 11.7 Å². The number of phenols is 1. The number of carbonyl (C=O) groups excluding carboxylic acids is 1. The van der Waals surface area contributed by atoms with E-state index in [1.165, 1.54) is 0 Å². The van der Waals surface area contributed by atoms with Crippen LogP contribution in [0.3, 0.4) is 0 Å². The molecule has 1 unspecified atom stereocenters. The zero-order valence-corrected chi connectivity index (χ0v) is 14.8. The first-order chi connectivity index (χ1) is 13.1. The fourth-order valence-electron chi connectivity index (χ4n) is 3.16. The third-order valence-corrected chi connectivity index (χ3v) is 4.64. The maximum atomic E-state index is 13.1. The number of phenolic OH excluding ortho intramolecular Hbond substituents is 1. The molecular weight excluding hydrogens is 338 g/mol. The molecule has 0 saturated heterocycles. The van der Waals surface area contributed by atoms with E-state index in [9.17, 15) is 9.90 Å². The Morgan fingerprint density at radius 3 is 2.52 bits per heavy atom. The fourth-order valence-corrected chi connectivity index (χ4v) is 3.16. The molecule has 3 aromatic rings. The summed E-state index contributed by atoms with van der Waals surface area (Å²) in [6.45, 7) is 1.85. The van der Waals surface area contributed by atoms with Crippen LogP contribution in [-0.2, 0) is 0 Å². The quantitative estimate of drug-likeness (QED) is 0.747. The first kappa shape index (κ1) is 16.8. The molecule has 0 spiro atoms. The van der Waals surface area contributed by atoms with E-state index in [2.05, 4.69) is 10.4 Å². The summed E-state index contributed by atoms with van der Waals surface area (Å²) in [6, 6.07) is 18.4. The zero-order valence-electron chi connectivity index (χ0n) is 14.8. The highest BCUT2D eigenvalue weighted by Crippen LogP contribution is 2.33. The molecule has 1 aromatic heterocycles. The van der Waals surface area contributed by atoms with Gasteiger partial charge < -0.3 is 5.11 Å². The van der Waals surface area contributed by atoms with Gasteiger partial charge in [0.15, 0.2) is 0 Å². The van der Waals surface area contributed by atoms with Crippen molar-refractivity contribution in [2.75, 3.05) is 0 Å². The number of nitrogens with zero attached hydrogens (tertiary/aromatic N) is 2. The molecule has 1 aliphatic heterocycles. The zero-order chi connectivity index (χ0) is 18.8. The molecule has 4 rings (SSSR count). The van der Waals surface area contributed by atoms with Gasteiger partial charge in [0.1, 0.15) is 5.75 Å². The highest BCUT2D eigenvalue weighted by Gasteiger charge is 2.31. The number of aromatic nitrogens is 1. The highest BCUT2D eigenvalue weighted by atomic mass is 16.3. The predicted molar refractivity (Wildman–Crippen MR) is 104 cm³/mol. The molecule has 1 atom stereocenters. The van der Waals surface area contributed by atoms with Crippen molar-refractivity contribution >= 4 is 11.6 Å². The molecule has 5 nitrogen and oxygen atoms in total. The average Bonchev–Trinajstić information content (AvgIpc) is 3.16. The molecule has 1 aliphatic rings. The smallest absolute Gasteiger partial charge is 0.273 e. The van der Waals surface area contributed by atoms with Crippen molar-refractivity contribution in [3.8, 4) is 5.75 Å². The van der Waals surface area contributed by atoms with E-state index in [1.807, 2.05) is 55.5 Å². The van der Waals surface area contributed by atoms with Crippen molar-refractivity contribution < 1.29 is 9.90 Å². The molecule has 0 saturated carbocycles. The van der Waals surface area contributed by atoms with Gasteiger partial charge in [0, 0.05) is 18.0 Å². The third kappa shape index (κ3) is 3.27. The van der Waals surface area contributed by atoms with E-state index in [1.54, 1.807) is 35.6 Å². The maximum Gasteiger partial charge on any atom is 0.273 e. The van der Waals surface area contributed by atoms with E-state index < -0.39 is 0 Å². The average molecular weight is 357 g/mol. The largest absolute Gasteiger partial charge is 0.508 e. The Morgan fingerprint density at radius 2 is 1.81 bits per heavy atom. The number of nitrogens with one attached hydrogen (secondary N) is 1. The van der Waals surface area contributed by atoms with Crippen molar-refractivity contribution in [2.24, 2.45) is 0 Å². The summed E-state index contributed by atoms with van der Waals surface area (Å²) in [4.78, 5) is 17.1. The number of pyridine rings is 1. The van der Waals surface area contributed by atoms with Crippen LogP contribution in [0.4, 0.5) is 0 Å². The second kappa shape index (κ2) is 6.96. The molecule has 0 radical (unpaired) electrons. The first-order valence-corrected chi connectivity index (χ1v) is 8.70. The predicted octanol–water partition coefficient (Wildman–Crippen LogP) is 3.84. The summed E-state index contributed by atoms with van der Waals surface area (Å²) >= 11 is 0. The summed E-state index contributed by atoms with van der Waals surface area (Å²) in [5, 5.41) is 11.4. The van der Waals surface area contributed by atoms with Gasteiger partial charge in [-0.15, -0.1) is 0 Å². The van der Waals surface area contributed by atoms with Gasteiger partial charge in [-0.2, -0.15) is 0 Å². The van der Waals surface area contributed by atoms with Crippen molar-refractivity contribution in [1.29, 1.82) is 0 Å². The van der Waals surface area contributed by atoms with Gasteiger partial charge in [-0.25, -0.2) is 5.01 Å². The Bertz CT molecular complexity index is 1000. The van der Waals surface area contributed by atoms with Crippen molar-refractivity contribution in [3.05, 3.63) is 101 Å². The molecule has 2 heterocycles. The minimum atomic E-state index is -0.240. The molecular formula is C22H19N3O2. The molecule has 0 aliphatic carbocycles. The lowest BCUT2D eigenvalue weighted by Gasteiger charge is -2.25. The van der Waals surface area contributed by atoms with Crippen LogP contribution < -0.4 is 5.43 Å². The van der Waals surface area contributed by atoms with E-state index in [4.69, 9.17) is 0 Å². The Kier molecular flexibility index (Phi) is 4.34. The molecule has 1 amide bonds. The second-order valence-electron chi connectivity index (χ2n) is 6.46. The van der Waals surface area contributed by atoms with Crippen LogP contribution >= 0.6 is 0 Å². The monoisotopic (exact) mass is 357 g/mol. The lowest BCUT2D eigenvalue weighted by molar-refractivity contribution is 0.0672. The Morgan fingerprint density at radius 1 is 1.07 bits per heavy atom. The molecule has 5 heteroatoms. The molecule has 134 valence electrons. The lowest BCUT2D eigenvalue weighted by atomic mass is 10.0. The highest BCUT2D eigenvalue weighted by molar-refractivity contribution is 5.95. The Balaban J connectivity index is 1.73. The maximum absolute atomic E-state index is 13.1. The number of hydrazine groups is 1. The normalized spacial score (nSPS) is 16.0. The summed E-state index contributed by atoms with van der Waals surface area (Å²) in [5.41, 5.74) is 7.34. The van der Waals surface area contributed by atoms with Gasteiger partial charge in [-0.1, -0.05) is 30.3 Å². The van der Waals surface area contributed by atoms with E-state index >= 15 is 0 Å². The summed E-state index contributed by atoms with van der Waals surface area (Å²) in [6.07, 6.45) is 5.25. The number of aromatic hydroxyl groups is 1. The van der Waals surface area contributed by atoms with Gasteiger partial charge in [0.25, 0.3) is 5.91 Å².